The standard InChI is InChI=1S/C16H18F3N5/c1-10(20-7-11-8-21-23(2)9-11)15-22-13-6-12(16(17,18)19)4-5-14(13)24(15)3/h4-6,8-10,20H,7H2,1-3H3/t10-/m0/s1. The lowest BCUT2D eigenvalue weighted by Crippen LogP contribution is -2.20. The highest BCUT2D eigenvalue weighted by molar-refractivity contribution is 5.77. The van der Waals surface area contributed by atoms with Crippen molar-refractivity contribution in [1.29, 1.82) is 0 Å². The molecular formula is C16H18F3N5. The smallest absolute Gasteiger partial charge is 0.330 e. The van der Waals surface area contributed by atoms with Crippen LogP contribution in [0.2, 0.25) is 0 Å². The van der Waals surface area contributed by atoms with Crippen LogP contribution < -0.4 is 5.32 Å². The molecule has 24 heavy (non-hydrogen) atoms. The monoisotopic (exact) mass is 337 g/mol. The van der Waals surface area contributed by atoms with E-state index in [4.69, 9.17) is 0 Å². The van der Waals surface area contributed by atoms with Gasteiger partial charge in [-0.2, -0.15) is 18.3 Å². The first kappa shape index (κ1) is 16.5. The second-order valence-corrected chi connectivity index (χ2v) is 5.86. The van der Waals surface area contributed by atoms with E-state index >= 15 is 0 Å². The number of rotatable bonds is 4. The molecule has 3 aromatic rings. The van der Waals surface area contributed by atoms with E-state index in [2.05, 4.69) is 15.4 Å². The van der Waals surface area contributed by atoms with Crippen molar-refractivity contribution in [3.05, 3.63) is 47.5 Å². The summed E-state index contributed by atoms with van der Waals surface area (Å²) in [7, 11) is 3.65. The van der Waals surface area contributed by atoms with Gasteiger partial charge in [0.2, 0.25) is 0 Å². The molecule has 5 nitrogen and oxygen atoms in total. The topological polar surface area (TPSA) is 47.7 Å². The molecule has 0 aliphatic carbocycles. The largest absolute Gasteiger partial charge is 0.416 e. The Balaban J connectivity index is 1.84. The highest BCUT2D eigenvalue weighted by atomic mass is 19.4. The predicted molar refractivity (Wildman–Crippen MR) is 84.2 cm³/mol. The number of imidazole rings is 1. The zero-order valence-electron chi connectivity index (χ0n) is 13.6. The van der Waals surface area contributed by atoms with Crippen molar-refractivity contribution in [2.45, 2.75) is 25.7 Å². The van der Waals surface area contributed by atoms with E-state index < -0.39 is 11.7 Å². The third-order valence-corrected chi connectivity index (χ3v) is 4.00. The van der Waals surface area contributed by atoms with Crippen LogP contribution in [0.25, 0.3) is 11.0 Å². The second kappa shape index (κ2) is 5.94. The van der Waals surface area contributed by atoms with Crippen LogP contribution >= 0.6 is 0 Å². The minimum absolute atomic E-state index is 0.114. The number of alkyl halides is 3. The summed E-state index contributed by atoms with van der Waals surface area (Å²) in [6.07, 6.45) is -0.690. The number of nitrogens with zero attached hydrogens (tertiary/aromatic N) is 4. The molecule has 0 radical (unpaired) electrons. The van der Waals surface area contributed by atoms with Crippen molar-refractivity contribution in [2.24, 2.45) is 14.1 Å². The fourth-order valence-corrected chi connectivity index (χ4v) is 2.71. The first-order valence-corrected chi connectivity index (χ1v) is 7.50. The summed E-state index contributed by atoms with van der Waals surface area (Å²) in [6.45, 7) is 2.54. The Morgan fingerprint density at radius 2 is 2.00 bits per heavy atom. The molecule has 0 aliphatic rings. The Morgan fingerprint density at radius 1 is 1.25 bits per heavy atom. The summed E-state index contributed by atoms with van der Waals surface area (Å²) < 4.78 is 42.0. The normalized spacial score (nSPS) is 13.6. The number of aromatic nitrogens is 4. The lowest BCUT2D eigenvalue weighted by Gasteiger charge is -2.13. The summed E-state index contributed by atoms with van der Waals surface area (Å²) in [6, 6.07) is 3.52. The van der Waals surface area contributed by atoms with Gasteiger partial charge in [-0.25, -0.2) is 4.98 Å². The van der Waals surface area contributed by atoms with Gasteiger partial charge in [0.15, 0.2) is 0 Å². The Labute approximate surface area is 137 Å². The third kappa shape index (κ3) is 3.14. The van der Waals surface area contributed by atoms with E-state index in [0.717, 1.165) is 17.7 Å². The van der Waals surface area contributed by atoms with Crippen LogP contribution in [0.1, 0.15) is 29.9 Å². The Morgan fingerprint density at radius 3 is 2.62 bits per heavy atom. The van der Waals surface area contributed by atoms with E-state index in [1.54, 1.807) is 17.9 Å². The van der Waals surface area contributed by atoms with E-state index in [9.17, 15) is 13.2 Å². The molecular weight excluding hydrogens is 319 g/mol. The van der Waals surface area contributed by atoms with Gasteiger partial charge >= 0.3 is 6.18 Å². The van der Waals surface area contributed by atoms with Gasteiger partial charge < -0.3 is 9.88 Å². The lowest BCUT2D eigenvalue weighted by molar-refractivity contribution is -0.137. The molecule has 1 N–H and O–H groups in total. The first-order chi connectivity index (χ1) is 11.3. The van der Waals surface area contributed by atoms with Gasteiger partial charge in [-0.1, -0.05) is 0 Å². The first-order valence-electron chi connectivity index (χ1n) is 7.50. The number of hydrogen-bond acceptors (Lipinski definition) is 3. The van der Waals surface area contributed by atoms with Crippen LogP contribution in [0.5, 0.6) is 0 Å². The van der Waals surface area contributed by atoms with Crippen LogP contribution in [-0.4, -0.2) is 19.3 Å². The molecule has 8 heteroatoms. The van der Waals surface area contributed by atoms with Crippen LogP contribution in [0.4, 0.5) is 13.2 Å². The Kier molecular flexibility index (Phi) is 4.08. The molecule has 2 aromatic heterocycles. The lowest BCUT2D eigenvalue weighted by atomic mass is 10.2. The summed E-state index contributed by atoms with van der Waals surface area (Å²) in [5.74, 6) is 0.688. The number of nitrogens with one attached hydrogen (secondary N) is 1. The van der Waals surface area contributed by atoms with E-state index in [1.165, 1.54) is 6.07 Å². The second-order valence-electron chi connectivity index (χ2n) is 5.86. The summed E-state index contributed by atoms with van der Waals surface area (Å²) in [5.41, 5.74) is 1.36. The molecule has 0 fully saturated rings. The molecule has 0 spiro atoms. The van der Waals surface area contributed by atoms with Gasteiger partial charge in [-0.3, -0.25) is 4.68 Å². The molecule has 0 saturated carbocycles. The quantitative estimate of drug-likeness (QED) is 0.795. The fraction of sp³-hybridized carbons (Fsp3) is 0.375. The maximum Gasteiger partial charge on any atom is 0.416 e. The van der Waals surface area contributed by atoms with E-state index in [-0.39, 0.29) is 6.04 Å². The molecule has 128 valence electrons. The van der Waals surface area contributed by atoms with Crippen molar-refractivity contribution in [1.82, 2.24) is 24.6 Å². The van der Waals surface area contributed by atoms with Crippen molar-refractivity contribution < 1.29 is 13.2 Å². The van der Waals surface area contributed by atoms with Crippen molar-refractivity contribution >= 4 is 11.0 Å². The van der Waals surface area contributed by atoms with Crippen molar-refractivity contribution in [3.8, 4) is 0 Å². The molecule has 2 heterocycles. The van der Waals surface area contributed by atoms with Gasteiger partial charge in [0.05, 0.1) is 28.8 Å². The SMILES string of the molecule is C[C@H](NCc1cnn(C)c1)c1nc2cc(C(F)(F)F)ccc2n1C. The molecule has 1 aromatic carbocycles. The number of hydrogen-bond donors (Lipinski definition) is 1. The average Bonchev–Trinajstić information content (AvgIpc) is 3.07. The summed E-state index contributed by atoms with van der Waals surface area (Å²) >= 11 is 0. The maximum absolute atomic E-state index is 12.8. The molecule has 0 amide bonds. The average molecular weight is 337 g/mol. The van der Waals surface area contributed by atoms with E-state index in [1.807, 2.05) is 24.7 Å². The zero-order chi connectivity index (χ0) is 17.5. The highest BCUT2D eigenvalue weighted by Crippen LogP contribution is 2.31. The maximum atomic E-state index is 12.8. The van der Waals surface area contributed by atoms with E-state index in [0.29, 0.717) is 23.4 Å². The van der Waals surface area contributed by atoms with Crippen LogP contribution in [0.3, 0.4) is 0 Å². The van der Waals surface area contributed by atoms with Crippen molar-refractivity contribution in [2.75, 3.05) is 0 Å². The zero-order valence-corrected chi connectivity index (χ0v) is 13.6. The number of aryl methyl sites for hydroxylation is 2. The van der Waals surface area contributed by atoms with Gasteiger partial charge in [-0.15, -0.1) is 0 Å². The summed E-state index contributed by atoms with van der Waals surface area (Å²) in [5, 5.41) is 7.42. The number of fused-ring (bicyclic) bond motifs is 1. The molecule has 3 rings (SSSR count). The molecule has 0 aliphatic heterocycles. The molecule has 0 saturated heterocycles. The third-order valence-electron chi connectivity index (χ3n) is 4.00. The Hall–Kier alpha value is -2.35. The number of benzene rings is 1. The van der Waals surface area contributed by atoms with Gasteiger partial charge in [0.25, 0.3) is 0 Å². The van der Waals surface area contributed by atoms with Crippen molar-refractivity contribution in [3.63, 3.8) is 0 Å². The van der Waals surface area contributed by atoms with Gasteiger partial charge in [0.1, 0.15) is 5.82 Å². The van der Waals surface area contributed by atoms with Crippen LogP contribution in [-0.2, 0) is 26.8 Å². The fourth-order valence-electron chi connectivity index (χ4n) is 2.71. The Bertz CT molecular complexity index is 862. The number of halogens is 3. The van der Waals surface area contributed by atoms with Crippen LogP contribution in [0, 0.1) is 0 Å². The minimum Gasteiger partial charge on any atom is -0.330 e. The van der Waals surface area contributed by atoms with Gasteiger partial charge in [0, 0.05) is 32.4 Å². The summed E-state index contributed by atoms with van der Waals surface area (Å²) in [4.78, 5) is 4.38. The van der Waals surface area contributed by atoms with Gasteiger partial charge in [-0.05, 0) is 25.1 Å². The molecule has 0 bridgehead atoms. The predicted octanol–water partition coefficient (Wildman–Crippen LogP) is 3.18. The molecule has 0 unspecified atom stereocenters. The minimum atomic E-state index is -4.37. The van der Waals surface area contributed by atoms with Crippen LogP contribution in [0.15, 0.2) is 30.6 Å². The molecule has 1 atom stereocenters. The highest BCUT2D eigenvalue weighted by Gasteiger charge is 2.31.